The number of amides is 1. The van der Waals surface area contributed by atoms with E-state index in [-0.39, 0.29) is 5.91 Å². The van der Waals surface area contributed by atoms with Crippen LogP contribution in [0, 0.1) is 0 Å². The predicted octanol–water partition coefficient (Wildman–Crippen LogP) is 3.65. The number of pyridine rings is 1. The van der Waals surface area contributed by atoms with E-state index >= 15 is 0 Å². The van der Waals surface area contributed by atoms with Crippen molar-refractivity contribution in [2.75, 3.05) is 36.4 Å². The molecule has 0 unspecified atom stereocenters. The fourth-order valence-corrected chi connectivity index (χ4v) is 4.11. The van der Waals surface area contributed by atoms with Crippen molar-refractivity contribution in [1.29, 1.82) is 0 Å². The molecule has 28 heavy (non-hydrogen) atoms. The van der Waals surface area contributed by atoms with E-state index in [1.807, 2.05) is 35.8 Å². The Kier molecular flexibility index (Phi) is 5.99. The second-order valence-electron chi connectivity index (χ2n) is 6.95. The molecule has 2 aromatic heterocycles. The summed E-state index contributed by atoms with van der Waals surface area (Å²) in [4.78, 5) is 22.4. The predicted molar refractivity (Wildman–Crippen MR) is 115 cm³/mol. The maximum absolute atomic E-state index is 12.1. The molecule has 1 aliphatic heterocycles. The van der Waals surface area contributed by atoms with Gasteiger partial charge < -0.3 is 10.2 Å². The van der Waals surface area contributed by atoms with E-state index in [4.69, 9.17) is 0 Å². The number of piperazine rings is 1. The highest BCUT2D eigenvalue weighted by atomic mass is 32.1. The number of hydrogen-bond donors (Lipinski definition) is 1. The summed E-state index contributed by atoms with van der Waals surface area (Å²) < 4.78 is 0. The first kappa shape index (κ1) is 18.7. The smallest absolute Gasteiger partial charge is 0.230 e. The first-order chi connectivity index (χ1) is 13.8. The van der Waals surface area contributed by atoms with Gasteiger partial charge in [-0.15, -0.1) is 11.3 Å². The molecular weight excluding hydrogens is 368 g/mol. The number of nitrogens with zero attached hydrogens (tertiary/aromatic N) is 3. The van der Waals surface area contributed by atoms with Gasteiger partial charge in [-0.05, 0) is 29.1 Å². The lowest BCUT2D eigenvalue weighted by atomic mass is 10.2. The maximum Gasteiger partial charge on any atom is 0.230 e. The van der Waals surface area contributed by atoms with E-state index in [1.165, 1.54) is 5.56 Å². The Morgan fingerprint density at radius 2 is 1.82 bits per heavy atom. The van der Waals surface area contributed by atoms with E-state index in [9.17, 15) is 4.79 Å². The Morgan fingerprint density at radius 3 is 2.50 bits per heavy atom. The third-order valence-electron chi connectivity index (χ3n) is 4.92. The number of aromatic nitrogens is 1. The molecule has 1 fully saturated rings. The average Bonchev–Trinajstić information content (AvgIpc) is 3.23. The van der Waals surface area contributed by atoms with Crippen molar-refractivity contribution in [1.82, 2.24) is 9.88 Å². The van der Waals surface area contributed by atoms with E-state index in [0.29, 0.717) is 12.2 Å². The molecule has 1 saturated heterocycles. The molecule has 1 amide bonds. The number of hydrogen-bond acceptors (Lipinski definition) is 5. The molecule has 5 nitrogen and oxygen atoms in total. The molecule has 0 bridgehead atoms. The lowest BCUT2D eigenvalue weighted by molar-refractivity contribution is -0.115. The van der Waals surface area contributed by atoms with Crippen LogP contribution in [0.15, 0.2) is 66.2 Å². The Hall–Kier alpha value is -2.70. The molecule has 1 aliphatic rings. The number of carbonyl (C=O) groups is 1. The van der Waals surface area contributed by atoms with E-state index in [2.05, 4.69) is 50.4 Å². The van der Waals surface area contributed by atoms with Gasteiger partial charge in [0.2, 0.25) is 5.91 Å². The second kappa shape index (κ2) is 8.99. The Balaban J connectivity index is 1.27. The Morgan fingerprint density at radius 1 is 1.00 bits per heavy atom. The zero-order chi connectivity index (χ0) is 19.2. The van der Waals surface area contributed by atoms with Gasteiger partial charge in [-0.3, -0.25) is 9.69 Å². The van der Waals surface area contributed by atoms with Crippen LogP contribution in [-0.2, 0) is 17.8 Å². The molecule has 1 N–H and O–H groups in total. The van der Waals surface area contributed by atoms with Crippen LogP contribution in [0.1, 0.15) is 10.4 Å². The third-order valence-corrected chi connectivity index (χ3v) is 5.79. The number of anilines is 2. The lowest BCUT2D eigenvalue weighted by Crippen LogP contribution is -2.46. The highest BCUT2D eigenvalue weighted by molar-refractivity contribution is 7.10. The fraction of sp³-hybridized carbons (Fsp3) is 0.273. The fourth-order valence-electron chi connectivity index (χ4n) is 3.41. The molecule has 6 heteroatoms. The van der Waals surface area contributed by atoms with Gasteiger partial charge in [0.1, 0.15) is 5.82 Å². The second-order valence-corrected chi connectivity index (χ2v) is 7.99. The molecule has 1 aromatic carbocycles. The standard InChI is InChI=1S/C22H24N4OS/c27-22(15-20-7-4-14-28-20)24-21-9-8-19(16-23-21)26-12-10-25(11-13-26)17-18-5-2-1-3-6-18/h1-9,14,16H,10-13,15,17H2,(H,23,24,27). The van der Waals surface area contributed by atoms with Gasteiger partial charge in [0.25, 0.3) is 0 Å². The quantitative estimate of drug-likeness (QED) is 0.696. The first-order valence-electron chi connectivity index (χ1n) is 9.56. The minimum atomic E-state index is -0.0303. The Bertz CT molecular complexity index is 873. The molecule has 3 aromatic rings. The van der Waals surface area contributed by atoms with Crippen molar-refractivity contribution in [3.05, 3.63) is 76.6 Å². The van der Waals surface area contributed by atoms with Crippen molar-refractivity contribution < 1.29 is 4.79 Å². The number of carbonyl (C=O) groups excluding carboxylic acids is 1. The first-order valence-corrected chi connectivity index (χ1v) is 10.4. The molecule has 0 spiro atoms. The van der Waals surface area contributed by atoms with Crippen molar-refractivity contribution in [2.24, 2.45) is 0 Å². The van der Waals surface area contributed by atoms with Crippen LogP contribution in [0.25, 0.3) is 0 Å². The summed E-state index contributed by atoms with van der Waals surface area (Å²) in [5.41, 5.74) is 2.47. The molecule has 0 saturated carbocycles. The summed E-state index contributed by atoms with van der Waals surface area (Å²) in [5.74, 6) is 0.574. The van der Waals surface area contributed by atoms with Gasteiger partial charge in [0.05, 0.1) is 18.3 Å². The van der Waals surface area contributed by atoms with E-state index < -0.39 is 0 Å². The average molecular weight is 393 g/mol. The third kappa shape index (κ3) is 4.97. The highest BCUT2D eigenvalue weighted by Gasteiger charge is 2.17. The molecular formula is C22H24N4OS. The summed E-state index contributed by atoms with van der Waals surface area (Å²) >= 11 is 1.59. The molecule has 0 aliphatic carbocycles. The largest absolute Gasteiger partial charge is 0.368 e. The maximum atomic E-state index is 12.1. The van der Waals surface area contributed by atoms with Gasteiger partial charge >= 0.3 is 0 Å². The molecule has 4 rings (SSSR count). The normalized spacial score (nSPS) is 14.8. The zero-order valence-electron chi connectivity index (χ0n) is 15.8. The van der Waals surface area contributed by atoms with Crippen LogP contribution >= 0.6 is 11.3 Å². The van der Waals surface area contributed by atoms with Crippen molar-refractivity contribution >= 4 is 28.7 Å². The minimum Gasteiger partial charge on any atom is -0.368 e. The molecule has 144 valence electrons. The number of rotatable bonds is 6. The van der Waals surface area contributed by atoms with Gasteiger partial charge in [-0.1, -0.05) is 36.4 Å². The SMILES string of the molecule is O=C(Cc1cccs1)Nc1ccc(N2CCN(Cc3ccccc3)CC2)cn1. The summed E-state index contributed by atoms with van der Waals surface area (Å²) in [7, 11) is 0. The van der Waals surface area contributed by atoms with Crippen LogP contribution in [-0.4, -0.2) is 42.0 Å². The van der Waals surface area contributed by atoms with Gasteiger partial charge in [0, 0.05) is 37.6 Å². The molecule has 3 heterocycles. The summed E-state index contributed by atoms with van der Waals surface area (Å²) in [6.07, 6.45) is 2.25. The van der Waals surface area contributed by atoms with Crippen LogP contribution in [0.4, 0.5) is 11.5 Å². The highest BCUT2D eigenvalue weighted by Crippen LogP contribution is 2.18. The van der Waals surface area contributed by atoms with Gasteiger partial charge in [-0.25, -0.2) is 4.98 Å². The van der Waals surface area contributed by atoms with Crippen molar-refractivity contribution in [3.8, 4) is 0 Å². The zero-order valence-corrected chi connectivity index (χ0v) is 16.6. The lowest BCUT2D eigenvalue weighted by Gasteiger charge is -2.36. The van der Waals surface area contributed by atoms with Crippen LogP contribution < -0.4 is 10.2 Å². The summed E-state index contributed by atoms with van der Waals surface area (Å²) in [5, 5.41) is 4.86. The summed E-state index contributed by atoms with van der Waals surface area (Å²) in [6.45, 7) is 5.04. The van der Waals surface area contributed by atoms with E-state index in [1.54, 1.807) is 11.3 Å². The van der Waals surface area contributed by atoms with Gasteiger partial charge in [-0.2, -0.15) is 0 Å². The van der Waals surface area contributed by atoms with Crippen LogP contribution in [0.5, 0.6) is 0 Å². The molecule has 0 atom stereocenters. The number of nitrogens with one attached hydrogen (secondary N) is 1. The minimum absolute atomic E-state index is 0.0303. The number of thiophene rings is 1. The van der Waals surface area contributed by atoms with Crippen molar-refractivity contribution in [2.45, 2.75) is 13.0 Å². The van der Waals surface area contributed by atoms with E-state index in [0.717, 1.165) is 43.3 Å². The van der Waals surface area contributed by atoms with Gasteiger partial charge in [0.15, 0.2) is 0 Å². The topological polar surface area (TPSA) is 48.5 Å². The monoisotopic (exact) mass is 392 g/mol. The molecule has 0 radical (unpaired) electrons. The number of benzene rings is 1. The van der Waals surface area contributed by atoms with Crippen molar-refractivity contribution in [3.63, 3.8) is 0 Å². The van der Waals surface area contributed by atoms with Crippen LogP contribution in [0.3, 0.4) is 0 Å². The Labute approximate surface area is 169 Å². The summed E-state index contributed by atoms with van der Waals surface area (Å²) in [6, 6.07) is 18.5. The van der Waals surface area contributed by atoms with Crippen LogP contribution in [0.2, 0.25) is 0 Å².